The standard InChI is InChI=1S/C15H12N4OS/c1-10-7-11(5-6-17-10)18-15(20)13-4-2-3-12(19-13)14-8-16-9-21-14/h2-9H,1H3,(H,17,18,20). The number of aryl methyl sites for hydroxylation is 1. The Morgan fingerprint density at radius 3 is 2.95 bits per heavy atom. The van der Waals surface area contributed by atoms with Gasteiger partial charge in [0.15, 0.2) is 0 Å². The molecule has 0 aliphatic heterocycles. The van der Waals surface area contributed by atoms with Gasteiger partial charge in [0, 0.05) is 23.8 Å². The number of anilines is 1. The molecule has 21 heavy (non-hydrogen) atoms. The van der Waals surface area contributed by atoms with E-state index in [2.05, 4.69) is 20.3 Å². The maximum Gasteiger partial charge on any atom is 0.274 e. The van der Waals surface area contributed by atoms with Crippen molar-refractivity contribution >= 4 is 22.9 Å². The molecule has 0 atom stereocenters. The summed E-state index contributed by atoms with van der Waals surface area (Å²) in [5, 5.41) is 2.82. The van der Waals surface area contributed by atoms with E-state index in [0.29, 0.717) is 11.4 Å². The van der Waals surface area contributed by atoms with E-state index in [1.165, 1.54) is 11.3 Å². The summed E-state index contributed by atoms with van der Waals surface area (Å²) in [5.74, 6) is -0.244. The van der Waals surface area contributed by atoms with E-state index in [9.17, 15) is 4.79 Å². The van der Waals surface area contributed by atoms with Gasteiger partial charge in [-0.2, -0.15) is 0 Å². The molecule has 0 aliphatic rings. The number of carbonyl (C=O) groups excluding carboxylic acids is 1. The lowest BCUT2D eigenvalue weighted by Crippen LogP contribution is -2.14. The number of hydrogen-bond donors (Lipinski definition) is 1. The van der Waals surface area contributed by atoms with Crippen molar-refractivity contribution < 1.29 is 4.79 Å². The van der Waals surface area contributed by atoms with Crippen LogP contribution in [0.4, 0.5) is 5.69 Å². The van der Waals surface area contributed by atoms with Crippen LogP contribution in [0.5, 0.6) is 0 Å². The molecule has 6 heteroatoms. The van der Waals surface area contributed by atoms with Crippen LogP contribution in [0.3, 0.4) is 0 Å². The maximum absolute atomic E-state index is 12.2. The largest absolute Gasteiger partial charge is 0.321 e. The Labute approximate surface area is 125 Å². The highest BCUT2D eigenvalue weighted by Gasteiger charge is 2.10. The van der Waals surface area contributed by atoms with Crippen LogP contribution in [0.2, 0.25) is 0 Å². The van der Waals surface area contributed by atoms with Gasteiger partial charge in [-0.25, -0.2) is 4.98 Å². The minimum Gasteiger partial charge on any atom is -0.321 e. The molecular formula is C15H12N4OS. The van der Waals surface area contributed by atoms with Crippen LogP contribution in [0.15, 0.2) is 48.2 Å². The van der Waals surface area contributed by atoms with Gasteiger partial charge in [0.2, 0.25) is 0 Å². The van der Waals surface area contributed by atoms with E-state index in [1.807, 2.05) is 25.1 Å². The highest BCUT2D eigenvalue weighted by atomic mass is 32.1. The van der Waals surface area contributed by atoms with Gasteiger partial charge >= 0.3 is 0 Å². The molecule has 0 saturated carbocycles. The average molecular weight is 296 g/mol. The Morgan fingerprint density at radius 2 is 2.19 bits per heavy atom. The van der Waals surface area contributed by atoms with Gasteiger partial charge in [-0.15, -0.1) is 11.3 Å². The summed E-state index contributed by atoms with van der Waals surface area (Å²) in [4.78, 5) is 25.7. The minimum absolute atomic E-state index is 0.244. The average Bonchev–Trinajstić information content (AvgIpc) is 3.02. The number of hydrogen-bond acceptors (Lipinski definition) is 5. The van der Waals surface area contributed by atoms with Gasteiger partial charge in [0.05, 0.1) is 16.1 Å². The summed E-state index contributed by atoms with van der Waals surface area (Å²) >= 11 is 1.49. The number of nitrogens with one attached hydrogen (secondary N) is 1. The lowest BCUT2D eigenvalue weighted by atomic mass is 10.2. The van der Waals surface area contributed by atoms with Crippen molar-refractivity contribution in [1.29, 1.82) is 0 Å². The summed E-state index contributed by atoms with van der Waals surface area (Å²) in [7, 11) is 0. The van der Waals surface area contributed by atoms with Crippen LogP contribution in [0, 0.1) is 6.92 Å². The Kier molecular flexibility index (Phi) is 3.70. The molecule has 3 aromatic heterocycles. The molecule has 3 aromatic rings. The topological polar surface area (TPSA) is 67.8 Å². The Morgan fingerprint density at radius 1 is 1.29 bits per heavy atom. The molecule has 0 fully saturated rings. The van der Waals surface area contributed by atoms with Crippen LogP contribution < -0.4 is 5.32 Å². The summed E-state index contributed by atoms with van der Waals surface area (Å²) < 4.78 is 0. The van der Waals surface area contributed by atoms with Gasteiger partial charge in [-0.1, -0.05) is 6.07 Å². The highest BCUT2D eigenvalue weighted by Crippen LogP contribution is 2.21. The number of pyridine rings is 2. The molecule has 0 unspecified atom stereocenters. The molecule has 104 valence electrons. The third kappa shape index (κ3) is 3.11. The lowest BCUT2D eigenvalue weighted by molar-refractivity contribution is 0.102. The Bertz CT molecular complexity index is 771. The van der Waals surface area contributed by atoms with Crippen LogP contribution in [0.1, 0.15) is 16.2 Å². The molecule has 0 spiro atoms. The Balaban J connectivity index is 1.83. The van der Waals surface area contributed by atoms with E-state index < -0.39 is 0 Å². The van der Waals surface area contributed by atoms with E-state index in [1.54, 1.807) is 30.0 Å². The third-order valence-electron chi connectivity index (χ3n) is 2.82. The predicted octanol–water partition coefficient (Wildman–Crippen LogP) is 3.16. The summed E-state index contributed by atoms with van der Waals surface area (Å²) in [5.41, 5.74) is 4.41. The van der Waals surface area contributed by atoms with E-state index in [4.69, 9.17) is 0 Å². The van der Waals surface area contributed by atoms with E-state index in [0.717, 1.165) is 16.3 Å². The molecule has 3 rings (SSSR count). The fourth-order valence-corrected chi connectivity index (χ4v) is 2.45. The molecular weight excluding hydrogens is 284 g/mol. The van der Waals surface area contributed by atoms with Crippen molar-refractivity contribution in [2.24, 2.45) is 0 Å². The normalized spacial score (nSPS) is 10.3. The highest BCUT2D eigenvalue weighted by molar-refractivity contribution is 7.13. The molecule has 0 aromatic carbocycles. The van der Waals surface area contributed by atoms with Crippen LogP contribution in [-0.2, 0) is 0 Å². The summed E-state index contributed by atoms with van der Waals surface area (Å²) in [6.07, 6.45) is 3.40. The number of nitrogens with zero attached hydrogens (tertiary/aromatic N) is 3. The number of thiazole rings is 1. The third-order valence-corrected chi connectivity index (χ3v) is 3.62. The molecule has 1 amide bonds. The van der Waals surface area contributed by atoms with E-state index in [-0.39, 0.29) is 5.91 Å². The fourth-order valence-electron chi connectivity index (χ4n) is 1.86. The van der Waals surface area contributed by atoms with Gasteiger partial charge in [-0.05, 0) is 31.2 Å². The summed E-state index contributed by atoms with van der Waals surface area (Å²) in [6, 6.07) is 8.92. The fraction of sp³-hybridized carbons (Fsp3) is 0.0667. The molecule has 0 saturated heterocycles. The first-order chi connectivity index (χ1) is 10.2. The number of aromatic nitrogens is 3. The number of rotatable bonds is 3. The monoisotopic (exact) mass is 296 g/mol. The molecule has 5 nitrogen and oxygen atoms in total. The summed E-state index contributed by atoms with van der Waals surface area (Å²) in [6.45, 7) is 1.87. The number of amides is 1. The van der Waals surface area contributed by atoms with Crippen molar-refractivity contribution in [3.8, 4) is 10.6 Å². The second kappa shape index (κ2) is 5.80. The lowest BCUT2D eigenvalue weighted by Gasteiger charge is -2.06. The van der Waals surface area contributed by atoms with Crippen molar-refractivity contribution in [3.63, 3.8) is 0 Å². The smallest absolute Gasteiger partial charge is 0.274 e. The van der Waals surface area contributed by atoms with Gasteiger partial charge in [0.1, 0.15) is 5.69 Å². The van der Waals surface area contributed by atoms with Gasteiger partial charge in [0.25, 0.3) is 5.91 Å². The first-order valence-electron chi connectivity index (χ1n) is 6.32. The maximum atomic E-state index is 12.2. The Hall–Kier alpha value is -2.60. The van der Waals surface area contributed by atoms with Gasteiger partial charge < -0.3 is 5.32 Å². The second-order valence-electron chi connectivity index (χ2n) is 4.41. The molecule has 1 N–H and O–H groups in total. The van der Waals surface area contributed by atoms with Crippen LogP contribution in [0.25, 0.3) is 10.6 Å². The van der Waals surface area contributed by atoms with Crippen molar-refractivity contribution in [1.82, 2.24) is 15.0 Å². The van der Waals surface area contributed by atoms with Crippen LogP contribution >= 0.6 is 11.3 Å². The minimum atomic E-state index is -0.244. The van der Waals surface area contributed by atoms with Crippen molar-refractivity contribution in [2.75, 3.05) is 5.32 Å². The quantitative estimate of drug-likeness (QED) is 0.806. The van der Waals surface area contributed by atoms with Crippen molar-refractivity contribution in [3.05, 3.63) is 59.6 Å². The first kappa shape index (κ1) is 13.4. The predicted molar refractivity (Wildman–Crippen MR) is 82.3 cm³/mol. The molecule has 0 aliphatic carbocycles. The SMILES string of the molecule is Cc1cc(NC(=O)c2cccc(-c3cncs3)n2)ccn1. The van der Waals surface area contributed by atoms with E-state index >= 15 is 0 Å². The zero-order valence-corrected chi connectivity index (χ0v) is 12.1. The molecule has 0 bridgehead atoms. The second-order valence-corrected chi connectivity index (χ2v) is 5.30. The zero-order valence-electron chi connectivity index (χ0n) is 11.3. The molecule has 3 heterocycles. The van der Waals surface area contributed by atoms with Crippen LogP contribution in [-0.4, -0.2) is 20.9 Å². The van der Waals surface area contributed by atoms with Crippen molar-refractivity contribution in [2.45, 2.75) is 6.92 Å². The zero-order chi connectivity index (χ0) is 14.7. The molecule has 0 radical (unpaired) electrons. The number of carbonyl (C=O) groups is 1. The van der Waals surface area contributed by atoms with Gasteiger partial charge in [-0.3, -0.25) is 14.8 Å². The first-order valence-corrected chi connectivity index (χ1v) is 7.20.